The Kier molecular flexibility index (Phi) is 3.25. The lowest BCUT2D eigenvalue weighted by molar-refractivity contribution is 1.33. The number of benzene rings is 2. The van der Waals surface area contributed by atoms with Crippen LogP contribution in [0.1, 0.15) is 11.1 Å². The van der Waals surface area contributed by atoms with Crippen molar-refractivity contribution in [2.75, 3.05) is 11.1 Å². The molecule has 0 heterocycles. The molecule has 0 atom stereocenters. The molecular formula is C14H15ClN2. The van der Waals surface area contributed by atoms with Gasteiger partial charge in [-0.3, -0.25) is 0 Å². The zero-order valence-electron chi connectivity index (χ0n) is 9.92. The average molecular weight is 247 g/mol. The van der Waals surface area contributed by atoms with Gasteiger partial charge in [0.05, 0.1) is 11.4 Å². The highest BCUT2D eigenvalue weighted by atomic mass is 35.5. The molecule has 0 unspecified atom stereocenters. The lowest BCUT2D eigenvalue weighted by Gasteiger charge is -2.13. The zero-order chi connectivity index (χ0) is 12.4. The minimum atomic E-state index is 0.647. The molecule has 0 radical (unpaired) electrons. The smallest absolute Gasteiger partial charge is 0.0619 e. The van der Waals surface area contributed by atoms with Crippen LogP contribution < -0.4 is 11.1 Å². The minimum Gasteiger partial charge on any atom is -0.397 e. The van der Waals surface area contributed by atoms with Gasteiger partial charge in [-0.2, -0.15) is 0 Å². The fraction of sp³-hybridized carbons (Fsp3) is 0.143. The summed E-state index contributed by atoms with van der Waals surface area (Å²) in [7, 11) is 0. The molecule has 3 heteroatoms. The molecule has 88 valence electrons. The van der Waals surface area contributed by atoms with Gasteiger partial charge in [0.1, 0.15) is 0 Å². The second-order valence-electron chi connectivity index (χ2n) is 4.10. The Morgan fingerprint density at radius 1 is 1.06 bits per heavy atom. The number of hydrogen-bond donors (Lipinski definition) is 2. The molecule has 0 aromatic heterocycles. The summed E-state index contributed by atoms with van der Waals surface area (Å²) < 4.78 is 0. The van der Waals surface area contributed by atoms with E-state index in [2.05, 4.69) is 25.2 Å². The van der Waals surface area contributed by atoms with Crippen molar-refractivity contribution in [1.82, 2.24) is 0 Å². The van der Waals surface area contributed by atoms with E-state index < -0.39 is 0 Å². The summed E-state index contributed by atoms with van der Waals surface area (Å²) in [5.41, 5.74) is 11.0. The summed E-state index contributed by atoms with van der Waals surface area (Å²) in [4.78, 5) is 0. The van der Waals surface area contributed by atoms with Crippen molar-refractivity contribution in [2.24, 2.45) is 0 Å². The number of halogens is 1. The van der Waals surface area contributed by atoms with Crippen LogP contribution in [-0.2, 0) is 0 Å². The molecular weight excluding hydrogens is 232 g/mol. The number of nitrogen functional groups attached to an aromatic ring is 1. The van der Waals surface area contributed by atoms with E-state index in [-0.39, 0.29) is 0 Å². The summed E-state index contributed by atoms with van der Waals surface area (Å²) in [6.45, 7) is 4.18. The quantitative estimate of drug-likeness (QED) is 0.776. The highest BCUT2D eigenvalue weighted by Crippen LogP contribution is 2.28. The van der Waals surface area contributed by atoms with Gasteiger partial charge in [-0.15, -0.1) is 0 Å². The molecule has 0 aliphatic rings. The van der Waals surface area contributed by atoms with Crippen LogP contribution in [0.4, 0.5) is 17.1 Å². The van der Waals surface area contributed by atoms with Crippen LogP contribution in [0.5, 0.6) is 0 Å². The van der Waals surface area contributed by atoms with Gasteiger partial charge in [-0.25, -0.2) is 0 Å². The Hall–Kier alpha value is -1.67. The fourth-order valence-electron chi connectivity index (χ4n) is 1.68. The molecule has 0 fully saturated rings. The molecule has 2 rings (SSSR count). The van der Waals surface area contributed by atoms with Crippen LogP contribution in [-0.4, -0.2) is 0 Å². The number of aryl methyl sites for hydroxylation is 1. The monoisotopic (exact) mass is 246 g/mol. The van der Waals surface area contributed by atoms with E-state index in [0.717, 1.165) is 11.4 Å². The summed E-state index contributed by atoms with van der Waals surface area (Å²) in [5.74, 6) is 0. The second-order valence-corrected chi connectivity index (χ2v) is 4.54. The van der Waals surface area contributed by atoms with Crippen molar-refractivity contribution >= 4 is 28.7 Å². The minimum absolute atomic E-state index is 0.647. The van der Waals surface area contributed by atoms with E-state index in [1.807, 2.05) is 24.3 Å². The Balaban J connectivity index is 2.35. The maximum Gasteiger partial charge on any atom is 0.0619 e. The number of nitrogens with two attached hydrogens (primary N) is 1. The van der Waals surface area contributed by atoms with E-state index in [1.165, 1.54) is 11.1 Å². The fourth-order valence-corrected chi connectivity index (χ4v) is 1.86. The van der Waals surface area contributed by atoms with Crippen LogP contribution in [0.25, 0.3) is 0 Å². The van der Waals surface area contributed by atoms with Gasteiger partial charge in [-0.05, 0) is 49.2 Å². The van der Waals surface area contributed by atoms with Gasteiger partial charge in [0.15, 0.2) is 0 Å². The van der Waals surface area contributed by atoms with Crippen LogP contribution in [0.3, 0.4) is 0 Å². The van der Waals surface area contributed by atoms with Crippen molar-refractivity contribution in [3.63, 3.8) is 0 Å². The Morgan fingerprint density at radius 3 is 2.53 bits per heavy atom. The Bertz CT molecular complexity index is 550. The SMILES string of the molecule is Cc1cccc(Nc2ccc(Cl)cc2N)c1C. The van der Waals surface area contributed by atoms with Crippen molar-refractivity contribution in [1.29, 1.82) is 0 Å². The summed E-state index contributed by atoms with van der Waals surface area (Å²) in [6, 6.07) is 11.6. The Morgan fingerprint density at radius 2 is 1.82 bits per heavy atom. The van der Waals surface area contributed by atoms with Crippen molar-refractivity contribution in [3.8, 4) is 0 Å². The highest BCUT2D eigenvalue weighted by molar-refractivity contribution is 6.31. The van der Waals surface area contributed by atoms with Crippen molar-refractivity contribution in [3.05, 3.63) is 52.5 Å². The number of rotatable bonds is 2. The molecule has 0 aliphatic carbocycles. The van der Waals surface area contributed by atoms with E-state index in [4.69, 9.17) is 17.3 Å². The van der Waals surface area contributed by atoms with Crippen LogP contribution >= 0.6 is 11.6 Å². The third-order valence-corrected chi connectivity index (χ3v) is 3.12. The first-order chi connectivity index (χ1) is 8.08. The molecule has 2 nitrogen and oxygen atoms in total. The number of nitrogens with one attached hydrogen (secondary N) is 1. The zero-order valence-corrected chi connectivity index (χ0v) is 10.7. The predicted molar refractivity (Wildman–Crippen MR) is 75.1 cm³/mol. The molecule has 0 amide bonds. The number of anilines is 3. The molecule has 2 aromatic rings. The summed E-state index contributed by atoms with van der Waals surface area (Å²) in [6.07, 6.45) is 0. The summed E-state index contributed by atoms with van der Waals surface area (Å²) in [5, 5.41) is 3.97. The number of hydrogen-bond acceptors (Lipinski definition) is 2. The third kappa shape index (κ3) is 2.53. The first-order valence-electron chi connectivity index (χ1n) is 5.46. The lowest BCUT2D eigenvalue weighted by Crippen LogP contribution is -1.98. The van der Waals surface area contributed by atoms with E-state index in [0.29, 0.717) is 10.7 Å². The van der Waals surface area contributed by atoms with Crippen molar-refractivity contribution in [2.45, 2.75) is 13.8 Å². The average Bonchev–Trinajstić information content (AvgIpc) is 2.28. The van der Waals surface area contributed by atoms with Crippen LogP contribution in [0.2, 0.25) is 5.02 Å². The molecule has 0 saturated heterocycles. The van der Waals surface area contributed by atoms with Crippen LogP contribution in [0, 0.1) is 13.8 Å². The molecule has 0 saturated carbocycles. The molecule has 2 aromatic carbocycles. The Labute approximate surface area is 106 Å². The third-order valence-electron chi connectivity index (χ3n) is 2.89. The van der Waals surface area contributed by atoms with Gasteiger partial charge in [0.25, 0.3) is 0 Å². The van der Waals surface area contributed by atoms with E-state index in [9.17, 15) is 0 Å². The van der Waals surface area contributed by atoms with Crippen molar-refractivity contribution < 1.29 is 0 Å². The maximum atomic E-state index is 5.91. The lowest BCUT2D eigenvalue weighted by atomic mass is 10.1. The van der Waals surface area contributed by atoms with Crippen LogP contribution in [0.15, 0.2) is 36.4 Å². The molecule has 17 heavy (non-hydrogen) atoms. The second kappa shape index (κ2) is 4.68. The standard InChI is InChI=1S/C14H15ClN2/c1-9-4-3-5-13(10(9)2)17-14-7-6-11(15)8-12(14)16/h3-8,17H,16H2,1-2H3. The maximum absolute atomic E-state index is 5.91. The topological polar surface area (TPSA) is 38.0 Å². The molecule has 0 spiro atoms. The summed E-state index contributed by atoms with van der Waals surface area (Å²) >= 11 is 5.87. The van der Waals surface area contributed by atoms with Gasteiger partial charge in [0.2, 0.25) is 0 Å². The predicted octanol–water partition coefficient (Wildman–Crippen LogP) is 4.28. The highest BCUT2D eigenvalue weighted by Gasteiger charge is 2.04. The normalized spacial score (nSPS) is 10.3. The van der Waals surface area contributed by atoms with E-state index >= 15 is 0 Å². The van der Waals surface area contributed by atoms with Gasteiger partial charge >= 0.3 is 0 Å². The molecule has 0 bridgehead atoms. The van der Waals surface area contributed by atoms with Gasteiger partial charge in [-0.1, -0.05) is 23.7 Å². The molecule has 3 N–H and O–H groups in total. The van der Waals surface area contributed by atoms with E-state index in [1.54, 1.807) is 6.07 Å². The van der Waals surface area contributed by atoms with Gasteiger partial charge in [0, 0.05) is 10.7 Å². The first kappa shape index (κ1) is 11.8. The largest absolute Gasteiger partial charge is 0.397 e. The first-order valence-corrected chi connectivity index (χ1v) is 5.84. The van der Waals surface area contributed by atoms with Gasteiger partial charge < -0.3 is 11.1 Å². The molecule has 0 aliphatic heterocycles.